The van der Waals surface area contributed by atoms with Crippen LogP contribution in [0.2, 0.25) is 5.02 Å². The first kappa shape index (κ1) is 19.7. The number of halogens is 1. The maximum atomic E-state index is 12.0. The maximum absolute atomic E-state index is 12.0. The van der Waals surface area contributed by atoms with Gasteiger partial charge in [0.1, 0.15) is 0 Å². The number of nitrogens with zero attached hydrogens (tertiary/aromatic N) is 1. The molecule has 0 spiro atoms. The van der Waals surface area contributed by atoms with E-state index < -0.39 is 10.0 Å². The van der Waals surface area contributed by atoms with Gasteiger partial charge >= 0.3 is 0 Å². The molecule has 9 heteroatoms. The van der Waals surface area contributed by atoms with Gasteiger partial charge in [-0.2, -0.15) is 0 Å². The van der Waals surface area contributed by atoms with Crippen LogP contribution < -0.4 is 10.6 Å². The lowest BCUT2D eigenvalue weighted by Gasteiger charge is -2.31. The van der Waals surface area contributed by atoms with Crippen molar-refractivity contribution in [3.63, 3.8) is 0 Å². The molecule has 1 aromatic rings. The zero-order chi connectivity index (χ0) is 18.4. The third-order valence-electron chi connectivity index (χ3n) is 3.96. The highest BCUT2D eigenvalue weighted by Crippen LogP contribution is 2.13. The van der Waals surface area contributed by atoms with Crippen molar-refractivity contribution in [2.24, 2.45) is 0 Å². The first-order valence-corrected chi connectivity index (χ1v) is 10.3. The average molecular weight is 388 g/mol. The van der Waals surface area contributed by atoms with Crippen molar-refractivity contribution in [3.05, 3.63) is 34.9 Å². The highest BCUT2D eigenvalue weighted by molar-refractivity contribution is 7.88. The van der Waals surface area contributed by atoms with Gasteiger partial charge in [0, 0.05) is 42.7 Å². The number of rotatable bonds is 6. The van der Waals surface area contributed by atoms with E-state index in [0.29, 0.717) is 30.1 Å². The van der Waals surface area contributed by atoms with Gasteiger partial charge in [-0.15, -0.1) is 0 Å². The molecular formula is C16H22ClN3O4S. The first-order valence-electron chi connectivity index (χ1n) is 8.04. The molecule has 2 rings (SSSR count). The molecule has 2 N–H and O–H groups in total. The van der Waals surface area contributed by atoms with Gasteiger partial charge in [-0.05, 0) is 37.1 Å². The summed E-state index contributed by atoms with van der Waals surface area (Å²) >= 11 is 5.77. The van der Waals surface area contributed by atoms with Crippen LogP contribution in [0.3, 0.4) is 0 Å². The number of carbonyl (C=O) groups excluding carboxylic acids is 2. The molecule has 1 aromatic carbocycles. The second-order valence-corrected chi connectivity index (χ2v) is 8.46. The van der Waals surface area contributed by atoms with Gasteiger partial charge in [-0.1, -0.05) is 11.6 Å². The minimum atomic E-state index is -3.24. The fourth-order valence-electron chi connectivity index (χ4n) is 2.65. The predicted molar refractivity (Wildman–Crippen MR) is 96.0 cm³/mol. The quantitative estimate of drug-likeness (QED) is 0.761. The molecule has 0 bridgehead atoms. The second kappa shape index (κ2) is 8.64. The van der Waals surface area contributed by atoms with Crippen LogP contribution in [0.4, 0.5) is 0 Å². The van der Waals surface area contributed by atoms with Crippen LogP contribution in [-0.4, -0.2) is 56.5 Å². The number of benzene rings is 1. The maximum Gasteiger partial charge on any atom is 0.251 e. The van der Waals surface area contributed by atoms with Crippen LogP contribution >= 0.6 is 11.6 Å². The molecule has 1 fully saturated rings. The lowest BCUT2D eigenvalue weighted by Crippen LogP contribution is -2.49. The first-order chi connectivity index (χ1) is 11.8. The molecule has 1 heterocycles. The summed E-state index contributed by atoms with van der Waals surface area (Å²) in [6.45, 7) is 0.986. The second-order valence-electron chi connectivity index (χ2n) is 6.04. The van der Waals surface area contributed by atoms with E-state index in [2.05, 4.69) is 10.6 Å². The molecule has 0 saturated carbocycles. The monoisotopic (exact) mass is 387 g/mol. The smallest absolute Gasteiger partial charge is 0.251 e. The van der Waals surface area contributed by atoms with E-state index in [0.717, 1.165) is 6.42 Å². The molecule has 7 nitrogen and oxygen atoms in total. The molecule has 0 aliphatic carbocycles. The van der Waals surface area contributed by atoms with Crippen molar-refractivity contribution in [1.29, 1.82) is 0 Å². The Morgan fingerprint density at radius 2 is 1.96 bits per heavy atom. The lowest BCUT2D eigenvalue weighted by atomic mass is 10.1. The van der Waals surface area contributed by atoms with Gasteiger partial charge in [0.15, 0.2) is 0 Å². The number of amides is 2. The average Bonchev–Trinajstić information content (AvgIpc) is 2.55. The molecule has 1 saturated heterocycles. The summed E-state index contributed by atoms with van der Waals surface area (Å²) in [6, 6.07) is 6.28. The molecule has 1 atom stereocenters. The molecule has 1 aliphatic rings. The molecule has 0 aromatic heterocycles. The van der Waals surface area contributed by atoms with Crippen LogP contribution in [0.15, 0.2) is 24.3 Å². The molecule has 25 heavy (non-hydrogen) atoms. The van der Waals surface area contributed by atoms with E-state index in [4.69, 9.17) is 11.6 Å². The highest BCUT2D eigenvalue weighted by Gasteiger charge is 2.26. The van der Waals surface area contributed by atoms with Crippen LogP contribution in [-0.2, 0) is 14.8 Å². The summed E-state index contributed by atoms with van der Waals surface area (Å²) in [4.78, 5) is 23.9. The van der Waals surface area contributed by atoms with Crippen molar-refractivity contribution in [3.8, 4) is 0 Å². The van der Waals surface area contributed by atoms with E-state index in [1.165, 1.54) is 10.6 Å². The van der Waals surface area contributed by atoms with E-state index in [1.54, 1.807) is 24.3 Å². The van der Waals surface area contributed by atoms with E-state index in [-0.39, 0.29) is 30.8 Å². The molecule has 1 unspecified atom stereocenters. The Morgan fingerprint density at radius 3 is 2.60 bits per heavy atom. The number of hydrogen-bond donors (Lipinski definition) is 2. The normalized spacial score (nSPS) is 18.6. The van der Waals surface area contributed by atoms with E-state index in [9.17, 15) is 18.0 Å². The van der Waals surface area contributed by atoms with Crippen molar-refractivity contribution in [1.82, 2.24) is 14.9 Å². The summed E-state index contributed by atoms with van der Waals surface area (Å²) in [5.41, 5.74) is 0.473. The van der Waals surface area contributed by atoms with Crippen molar-refractivity contribution in [2.45, 2.75) is 25.3 Å². The lowest BCUT2D eigenvalue weighted by molar-refractivity contribution is -0.121. The zero-order valence-electron chi connectivity index (χ0n) is 14.0. The summed E-state index contributed by atoms with van der Waals surface area (Å²) in [7, 11) is -3.24. The Morgan fingerprint density at radius 1 is 1.28 bits per heavy atom. The van der Waals surface area contributed by atoms with E-state index in [1.807, 2.05) is 0 Å². The standard InChI is InChI=1S/C16H22ClN3O4S/c1-25(23,24)20-10-2-3-14(11-20)19-15(21)8-9-18-16(22)12-4-6-13(17)7-5-12/h4-7,14H,2-3,8-11H2,1H3,(H,18,22)(H,19,21). The molecular weight excluding hydrogens is 366 g/mol. The summed E-state index contributed by atoms with van der Waals surface area (Å²) in [6.07, 6.45) is 2.76. The number of hydrogen-bond acceptors (Lipinski definition) is 4. The third-order valence-corrected chi connectivity index (χ3v) is 5.48. The van der Waals surface area contributed by atoms with Gasteiger partial charge in [0.2, 0.25) is 15.9 Å². The molecule has 2 amide bonds. The minimum absolute atomic E-state index is 0.134. The topological polar surface area (TPSA) is 95.6 Å². The summed E-state index contributed by atoms with van der Waals surface area (Å²) in [5.74, 6) is -0.484. The third kappa shape index (κ3) is 6.30. The number of nitrogens with one attached hydrogen (secondary N) is 2. The van der Waals surface area contributed by atoms with Gasteiger partial charge in [-0.3, -0.25) is 9.59 Å². The number of sulfonamides is 1. The van der Waals surface area contributed by atoms with Crippen LogP contribution in [0.1, 0.15) is 29.6 Å². The van der Waals surface area contributed by atoms with E-state index >= 15 is 0 Å². The Balaban J connectivity index is 1.73. The predicted octanol–water partition coefficient (Wildman–Crippen LogP) is 1.00. The Labute approximate surface area is 152 Å². The highest BCUT2D eigenvalue weighted by atomic mass is 35.5. The van der Waals surface area contributed by atoms with Gasteiger partial charge in [-0.25, -0.2) is 12.7 Å². The van der Waals surface area contributed by atoms with Crippen LogP contribution in [0.25, 0.3) is 0 Å². The Bertz CT molecular complexity index is 721. The number of carbonyl (C=O) groups is 2. The number of piperidine rings is 1. The van der Waals surface area contributed by atoms with Crippen molar-refractivity contribution < 1.29 is 18.0 Å². The van der Waals surface area contributed by atoms with Crippen molar-refractivity contribution in [2.75, 3.05) is 25.9 Å². The van der Waals surface area contributed by atoms with Gasteiger partial charge in [0.05, 0.1) is 6.26 Å². The molecule has 1 aliphatic heterocycles. The fourth-order valence-corrected chi connectivity index (χ4v) is 3.69. The van der Waals surface area contributed by atoms with Crippen molar-refractivity contribution >= 4 is 33.4 Å². The Kier molecular flexibility index (Phi) is 6.80. The fraction of sp³-hybridized carbons (Fsp3) is 0.500. The largest absolute Gasteiger partial charge is 0.352 e. The van der Waals surface area contributed by atoms with Crippen LogP contribution in [0, 0.1) is 0 Å². The summed E-state index contributed by atoms with van der Waals surface area (Å²) < 4.78 is 24.5. The molecule has 138 valence electrons. The minimum Gasteiger partial charge on any atom is -0.352 e. The Hall–Kier alpha value is -1.64. The zero-order valence-corrected chi connectivity index (χ0v) is 15.6. The van der Waals surface area contributed by atoms with Gasteiger partial charge in [0.25, 0.3) is 5.91 Å². The SMILES string of the molecule is CS(=O)(=O)N1CCCC(NC(=O)CCNC(=O)c2ccc(Cl)cc2)C1. The van der Waals surface area contributed by atoms with Gasteiger partial charge < -0.3 is 10.6 Å². The summed E-state index contributed by atoms with van der Waals surface area (Å²) in [5, 5.41) is 6.05. The molecule has 0 radical (unpaired) electrons. The van der Waals surface area contributed by atoms with Crippen LogP contribution in [0.5, 0.6) is 0 Å².